The monoisotopic (exact) mass is 393 g/mol. The minimum atomic E-state index is -0.528. The van der Waals surface area contributed by atoms with E-state index in [0.29, 0.717) is 15.8 Å². The quantitative estimate of drug-likeness (QED) is 0.444. The smallest absolute Gasteiger partial charge is 0.277 e. The number of nitrogens with one attached hydrogen (secondary N) is 1. The minimum absolute atomic E-state index is 0.0859. The molecular weight excluding hydrogens is 382 g/mol. The first kappa shape index (κ1) is 17.4. The van der Waals surface area contributed by atoms with Gasteiger partial charge in [0.15, 0.2) is 6.61 Å². The summed E-state index contributed by atoms with van der Waals surface area (Å²) in [6, 6.07) is 10.2. The molecule has 0 bridgehead atoms. The molecule has 124 valence electrons. The van der Waals surface area contributed by atoms with Crippen molar-refractivity contribution in [2.75, 3.05) is 6.61 Å². The molecule has 2 N–H and O–H groups in total. The molecule has 0 fully saturated rings. The van der Waals surface area contributed by atoms with Gasteiger partial charge in [0.05, 0.1) is 15.6 Å². The average Bonchev–Trinajstić information content (AvgIpc) is 2.55. The molecule has 8 nitrogen and oxygen atoms in total. The molecule has 1 amide bonds. The van der Waals surface area contributed by atoms with E-state index in [2.05, 4.69) is 26.5 Å². The summed E-state index contributed by atoms with van der Waals surface area (Å²) in [7, 11) is 0. The first-order valence-corrected chi connectivity index (χ1v) is 7.42. The van der Waals surface area contributed by atoms with Crippen molar-refractivity contribution in [1.82, 2.24) is 5.43 Å². The van der Waals surface area contributed by atoms with Gasteiger partial charge in [-0.3, -0.25) is 14.9 Å². The second kappa shape index (κ2) is 8.06. The fourth-order valence-electron chi connectivity index (χ4n) is 1.64. The van der Waals surface area contributed by atoms with Gasteiger partial charge in [-0.2, -0.15) is 5.10 Å². The Bertz CT molecular complexity index is 777. The summed E-state index contributed by atoms with van der Waals surface area (Å²) in [4.78, 5) is 21.7. The Morgan fingerprint density at radius 3 is 2.67 bits per heavy atom. The van der Waals surface area contributed by atoms with Crippen LogP contribution < -0.4 is 10.2 Å². The van der Waals surface area contributed by atoms with E-state index in [4.69, 9.17) is 9.84 Å². The largest absolute Gasteiger partial charge is 0.508 e. The number of phenols is 1. The molecule has 0 saturated heterocycles. The Labute approximate surface area is 145 Å². The summed E-state index contributed by atoms with van der Waals surface area (Å²) in [6.45, 7) is -0.302. The van der Waals surface area contributed by atoms with E-state index in [1.165, 1.54) is 36.5 Å². The van der Waals surface area contributed by atoms with Gasteiger partial charge in [-0.25, -0.2) is 5.43 Å². The van der Waals surface area contributed by atoms with Crippen LogP contribution in [0.3, 0.4) is 0 Å². The van der Waals surface area contributed by atoms with Crippen LogP contribution in [0, 0.1) is 10.1 Å². The summed E-state index contributed by atoms with van der Waals surface area (Å²) in [6.07, 6.45) is 1.42. The van der Waals surface area contributed by atoms with Gasteiger partial charge in [-0.05, 0) is 51.8 Å². The standard InChI is InChI=1S/C15H12BrN3O5/c16-13-7-11(19(22)23)3-6-14(13)24-9-15(21)18-17-8-10-1-4-12(20)5-2-10/h1-8,20H,9H2,(H,18,21). The molecular formula is C15H12BrN3O5. The van der Waals surface area contributed by atoms with E-state index < -0.39 is 10.8 Å². The lowest BCUT2D eigenvalue weighted by Gasteiger charge is -2.06. The van der Waals surface area contributed by atoms with Gasteiger partial charge in [0.2, 0.25) is 0 Å². The number of nitro benzene ring substituents is 1. The topological polar surface area (TPSA) is 114 Å². The molecule has 0 aromatic heterocycles. The summed E-state index contributed by atoms with van der Waals surface area (Å²) in [5, 5.41) is 23.5. The summed E-state index contributed by atoms with van der Waals surface area (Å²) in [5.41, 5.74) is 2.90. The Morgan fingerprint density at radius 1 is 1.33 bits per heavy atom. The normalized spacial score (nSPS) is 10.5. The summed E-state index contributed by atoms with van der Waals surface area (Å²) < 4.78 is 5.64. The predicted octanol–water partition coefficient (Wildman–Crippen LogP) is 2.59. The van der Waals surface area contributed by atoms with E-state index in [1.807, 2.05) is 0 Å². The molecule has 2 rings (SSSR count). The number of ether oxygens (including phenoxy) is 1. The highest BCUT2D eigenvalue weighted by molar-refractivity contribution is 9.10. The van der Waals surface area contributed by atoms with E-state index in [0.717, 1.165) is 0 Å². The van der Waals surface area contributed by atoms with E-state index in [1.54, 1.807) is 12.1 Å². The first-order chi connectivity index (χ1) is 11.5. The number of non-ortho nitro benzene ring substituents is 1. The zero-order chi connectivity index (χ0) is 17.5. The number of amides is 1. The highest BCUT2D eigenvalue weighted by atomic mass is 79.9. The lowest BCUT2D eigenvalue weighted by Crippen LogP contribution is -2.24. The average molecular weight is 394 g/mol. The summed E-state index contributed by atoms with van der Waals surface area (Å²) >= 11 is 3.14. The molecule has 9 heteroatoms. The second-order valence-corrected chi connectivity index (χ2v) is 5.40. The number of hydrogen-bond donors (Lipinski definition) is 2. The number of carbonyl (C=O) groups is 1. The maximum atomic E-state index is 11.6. The number of carbonyl (C=O) groups excluding carboxylic acids is 1. The number of hydrogen-bond acceptors (Lipinski definition) is 6. The predicted molar refractivity (Wildman–Crippen MR) is 90.1 cm³/mol. The highest BCUT2D eigenvalue weighted by Gasteiger charge is 2.11. The molecule has 0 aliphatic heterocycles. The Morgan fingerprint density at radius 2 is 2.04 bits per heavy atom. The number of benzene rings is 2. The van der Waals surface area contributed by atoms with E-state index in [9.17, 15) is 14.9 Å². The Kier molecular flexibility index (Phi) is 5.85. The molecule has 0 aliphatic carbocycles. The van der Waals surface area contributed by atoms with Crippen LogP contribution in [0.25, 0.3) is 0 Å². The number of halogens is 1. The zero-order valence-electron chi connectivity index (χ0n) is 12.2. The number of phenolic OH excluding ortho intramolecular Hbond substituents is 1. The summed E-state index contributed by atoms with van der Waals surface area (Å²) in [5.74, 6) is -0.0493. The lowest BCUT2D eigenvalue weighted by atomic mass is 10.2. The molecule has 0 heterocycles. The minimum Gasteiger partial charge on any atom is -0.508 e. The van der Waals surface area contributed by atoms with Gasteiger partial charge in [0, 0.05) is 12.1 Å². The first-order valence-electron chi connectivity index (χ1n) is 6.63. The van der Waals surface area contributed by atoms with Gasteiger partial charge < -0.3 is 9.84 Å². The van der Waals surface area contributed by atoms with Gasteiger partial charge in [-0.15, -0.1) is 0 Å². The van der Waals surface area contributed by atoms with Crippen LogP contribution in [0.5, 0.6) is 11.5 Å². The number of hydrazone groups is 1. The molecule has 0 aliphatic rings. The molecule has 0 saturated carbocycles. The van der Waals surface area contributed by atoms with Crippen LogP contribution in [0.4, 0.5) is 5.69 Å². The van der Waals surface area contributed by atoms with Crippen molar-refractivity contribution in [3.63, 3.8) is 0 Å². The van der Waals surface area contributed by atoms with Crippen molar-refractivity contribution in [2.24, 2.45) is 5.10 Å². The number of nitrogens with zero attached hydrogens (tertiary/aromatic N) is 2. The third kappa shape index (κ3) is 5.06. The van der Waals surface area contributed by atoms with Crippen LogP contribution in [-0.2, 0) is 4.79 Å². The van der Waals surface area contributed by atoms with Crippen molar-refractivity contribution in [1.29, 1.82) is 0 Å². The SMILES string of the molecule is O=C(COc1ccc([N+](=O)[O-])cc1Br)NN=Cc1ccc(O)cc1. The van der Waals surface area contributed by atoms with Crippen LogP contribution >= 0.6 is 15.9 Å². The third-order valence-electron chi connectivity index (χ3n) is 2.78. The molecule has 0 radical (unpaired) electrons. The van der Waals surface area contributed by atoms with Crippen molar-refractivity contribution >= 4 is 33.7 Å². The van der Waals surface area contributed by atoms with Crippen molar-refractivity contribution in [3.05, 3.63) is 62.6 Å². The zero-order valence-corrected chi connectivity index (χ0v) is 13.8. The fourth-order valence-corrected chi connectivity index (χ4v) is 2.12. The van der Waals surface area contributed by atoms with Crippen LogP contribution in [0.15, 0.2) is 52.0 Å². The van der Waals surface area contributed by atoms with Crippen LogP contribution in [0.1, 0.15) is 5.56 Å². The molecule has 0 unspecified atom stereocenters. The van der Waals surface area contributed by atoms with Crippen LogP contribution in [0.2, 0.25) is 0 Å². The van der Waals surface area contributed by atoms with Gasteiger partial charge in [-0.1, -0.05) is 0 Å². The van der Waals surface area contributed by atoms with Gasteiger partial charge >= 0.3 is 0 Å². The molecule has 0 spiro atoms. The van der Waals surface area contributed by atoms with E-state index >= 15 is 0 Å². The maximum absolute atomic E-state index is 11.6. The third-order valence-corrected chi connectivity index (χ3v) is 3.40. The maximum Gasteiger partial charge on any atom is 0.277 e. The lowest BCUT2D eigenvalue weighted by molar-refractivity contribution is -0.384. The Balaban J connectivity index is 1.85. The van der Waals surface area contributed by atoms with Gasteiger partial charge in [0.25, 0.3) is 11.6 Å². The van der Waals surface area contributed by atoms with Crippen molar-refractivity contribution in [2.45, 2.75) is 0 Å². The second-order valence-electron chi connectivity index (χ2n) is 4.55. The van der Waals surface area contributed by atoms with E-state index in [-0.39, 0.29) is 18.0 Å². The van der Waals surface area contributed by atoms with Crippen molar-refractivity contribution in [3.8, 4) is 11.5 Å². The molecule has 24 heavy (non-hydrogen) atoms. The number of nitro groups is 1. The van der Waals surface area contributed by atoms with Crippen molar-refractivity contribution < 1.29 is 19.6 Å². The number of aromatic hydroxyl groups is 1. The molecule has 2 aromatic rings. The fraction of sp³-hybridized carbons (Fsp3) is 0.0667. The van der Waals surface area contributed by atoms with Crippen LogP contribution in [-0.4, -0.2) is 28.8 Å². The Hall–Kier alpha value is -2.94. The van der Waals surface area contributed by atoms with Gasteiger partial charge in [0.1, 0.15) is 11.5 Å². The molecule has 0 atom stereocenters. The number of rotatable bonds is 6. The highest BCUT2D eigenvalue weighted by Crippen LogP contribution is 2.28. The molecule has 2 aromatic carbocycles.